The number of aromatic nitrogens is 1. The predicted molar refractivity (Wildman–Crippen MR) is 71.6 cm³/mol. The number of fused-ring (bicyclic) bond motifs is 1. The molecule has 92 valence electrons. The molecule has 0 saturated heterocycles. The van der Waals surface area contributed by atoms with Gasteiger partial charge in [-0.25, -0.2) is 4.79 Å². The average Bonchev–Trinajstić information content (AvgIpc) is 2.68. The molecule has 0 saturated carbocycles. The van der Waals surface area contributed by atoms with Crippen molar-refractivity contribution in [2.45, 2.75) is 13.5 Å². The third kappa shape index (κ3) is 1.93. The molecule has 4 heteroatoms. The maximum atomic E-state index is 11.2. The minimum absolute atomic E-state index is 0.240. The van der Waals surface area contributed by atoms with E-state index >= 15 is 0 Å². The fourth-order valence-electron chi connectivity index (χ4n) is 2.01. The molecule has 2 aromatic rings. The van der Waals surface area contributed by atoms with E-state index in [1.165, 1.54) is 0 Å². The first-order valence-electron chi connectivity index (χ1n) is 5.57. The number of hydrogen-bond acceptors (Lipinski definition) is 2. The number of allylic oxidation sites excluding steroid dienone is 1. The van der Waals surface area contributed by atoms with Gasteiger partial charge in [-0.3, -0.25) is 0 Å². The average molecular weight is 242 g/mol. The van der Waals surface area contributed by atoms with E-state index in [0.717, 1.165) is 16.5 Å². The molecular weight excluding hydrogens is 228 g/mol. The van der Waals surface area contributed by atoms with E-state index in [4.69, 9.17) is 5.41 Å². The van der Waals surface area contributed by atoms with Crippen LogP contribution < -0.4 is 0 Å². The number of nitrogens with zero attached hydrogens (tertiary/aromatic N) is 1. The molecule has 0 spiro atoms. The summed E-state index contributed by atoms with van der Waals surface area (Å²) in [4.78, 5) is 11.2. The largest absolute Gasteiger partial charge is 0.477 e. The van der Waals surface area contributed by atoms with Crippen molar-refractivity contribution < 1.29 is 9.90 Å². The van der Waals surface area contributed by atoms with Crippen LogP contribution >= 0.6 is 0 Å². The predicted octanol–water partition coefficient (Wildman–Crippen LogP) is 2.91. The highest BCUT2D eigenvalue weighted by atomic mass is 16.4. The number of aromatic carboxylic acids is 1. The number of carboxylic acid groups (broad SMARTS) is 1. The van der Waals surface area contributed by atoms with Crippen molar-refractivity contribution in [3.63, 3.8) is 0 Å². The molecule has 0 fully saturated rings. The number of carboxylic acids is 1. The molecule has 2 rings (SSSR count). The van der Waals surface area contributed by atoms with Gasteiger partial charge < -0.3 is 15.1 Å². The lowest BCUT2D eigenvalue weighted by atomic mass is 10.1. The third-order valence-corrected chi connectivity index (χ3v) is 2.87. The summed E-state index contributed by atoms with van der Waals surface area (Å²) in [5, 5.41) is 17.6. The van der Waals surface area contributed by atoms with Crippen LogP contribution in [0.2, 0.25) is 0 Å². The molecule has 0 atom stereocenters. The summed E-state index contributed by atoms with van der Waals surface area (Å²) in [6.07, 6.45) is 1.67. The highest BCUT2D eigenvalue weighted by Crippen LogP contribution is 2.22. The summed E-state index contributed by atoms with van der Waals surface area (Å²) >= 11 is 0. The van der Waals surface area contributed by atoms with Gasteiger partial charge >= 0.3 is 5.97 Å². The van der Waals surface area contributed by atoms with Crippen LogP contribution in [0.4, 0.5) is 0 Å². The molecule has 1 aromatic carbocycles. The quantitative estimate of drug-likeness (QED) is 0.639. The molecule has 1 aromatic heterocycles. The Bertz CT molecular complexity index is 653. The lowest BCUT2D eigenvalue weighted by Gasteiger charge is -2.05. The summed E-state index contributed by atoms with van der Waals surface area (Å²) in [5.74, 6) is -0.957. The number of nitrogens with one attached hydrogen (secondary N) is 1. The fourth-order valence-corrected chi connectivity index (χ4v) is 2.01. The maximum absolute atomic E-state index is 11.2. The lowest BCUT2D eigenvalue weighted by molar-refractivity contribution is 0.0686. The zero-order valence-electron chi connectivity index (χ0n) is 10.1. The van der Waals surface area contributed by atoms with Gasteiger partial charge in [0.05, 0.1) is 0 Å². The number of carbonyl (C=O) groups is 1. The van der Waals surface area contributed by atoms with Crippen molar-refractivity contribution in [1.29, 1.82) is 5.41 Å². The van der Waals surface area contributed by atoms with E-state index in [1.807, 2.05) is 18.2 Å². The van der Waals surface area contributed by atoms with Crippen LogP contribution in [-0.2, 0) is 6.54 Å². The van der Waals surface area contributed by atoms with Crippen molar-refractivity contribution in [2.24, 2.45) is 0 Å². The van der Waals surface area contributed by atoms with Gasteiger partial charge in [-0.05, 0) is 30.7 Å². The summed E-state index contributed by atoms with van der Waals surface area (Å²) in [6, 6.07) is 7.14. The molecule has 0 aliphatic heterocycles. The van der Waals surface area contributed by atoms with E-state index in [-0.39, 0.29) is 5.69 Å². The smallest absolute Gasteiger partial charge is 0.352 e. The summed E-state index contributed by atoms with van der Waals surface area (Å²) in [7, 11) is 0. The SMILES string of the molecule is C=CCn1c(C(=O)O)cc2cc(C(C)=N)ccc21. The van der Waals surface area contributed by atoms with Crippen LogP contribution in [0.1, 0.15) is 23.0 Å². The highest BCUT2D eigenvalue weighted by molar-refractivity contribution is 6.01. The van der Waals surface area contributed by atoms with Gasteiger partial charge in [0.15, 0.2) is 0 Å². The maximum Gasteiger partial charge on any atom is 0.352 e. The van der Waals surface area contributed by atoms with Crippen molar-refractivity contribution in [3.05, 3.63) is 48.2 Å². The Hall–Kier alpha value is -2.36. The van der Waals surface area contributed by atoms with Gasteiger partial charge in [0.1, 0.15) is 5.69 Å². The van der Waals surface area contributed by atoms with Gasteiger partial charge in [-0.15, -0.1) is 6.58 Å². The second-order valence-corrected chi connectivity index (χ2v) is 4.13. The van der Waals surface area contributed by atoms with Crippen molar-refractivity contribution in [2.75, 3.05) is 0 Å². The van der Waals surface area contributed by atoms with Gasteiger partial charge in [0.2, 0.25) is 0 Å². The number of benzene rings is 1. The van der Waals surface area contributed by atoms with Gasteiger partial charge in [-0.1, -0.05) is 12.1 Å². The minimum atomic E-state index is -0.957. The molecule has 0 amide bonds. The van der Waals surface area contributed by atoms with Crippen LogP contribution in [-0.4, -0.2) is 21.4 Å². The Morgan fingerprint density at radius 1 is 1.50 bits per heavy atom. The Morgan fingerprint density at radius 3 is 2.78 bits per heavy atom. The standard InChI is InChI=1S/C14H14N2O2/c1-3-6-16-12-5-4-10(9(2)15)7-11(12)8-13(16)14(17)18/h3-5,7-8,15H,1,6H2,2H3,(H,17,18). The monoisotopic (exact) mass is 242 g/mol. The van der Waals surface area contributed by atoms with Gasteiger partial charge in [-0.2, -0.15) is 0 Å². The molecular formula is C14H14N2O2. The molecule has 0 unspecified atom stereocenters. The highest BCUT2D eigenvalue weighted by Gasteiger charge is 2.14. The van der Waals surface area contributed by atoms with E-state index in [1.54, 1.807) is 23.6 Å². The first kappa shape index (κ1) is 12.1. The lowest BCUT2D eigenvalue weighted by Crippen LogP contribution is -2.07. The van der Waals surface area contributed by atoms with Crippen LogP contribution in [0.25, 0.3) is 10.9 Å². The first-order chi connectivity index (χ1) is 8.54. The minimum Gasteiger partial charge on any atom is -0.477 e. The van der Waals surface area contributed by atoms with Crippen molar-refractivity contribution in [3.8, 4) is 0 Å². The normalized spacial score (nSPS) is 10.5. The second-order valence-electron chi connectivity index (χ2n) is 4.13. The topological polar surface area (TPSA) is 66.1 Å². The summed E-state index contributed by atoms with van der Waals surface area (Å²) < 4.78 is 1.70. The van der Waals surface area contributed by atoms with E-state index in [2.05, 4.69) is 6.58 Å². The van der Waals surface area contributed by atoms with Crippen LogP contribution in [0.3, 0.4) is 0 Å². The summed E-state index contributed by atoms with van der Waals surface area (Å²) in [6.45, 7) is 5.80. The Morgan fingerprint density at radius 2 is 2.22 bits per heavy atom. The first-order valence-corrected chi connectivity index (χ1v) is 5.57. The molecule has 0 aliphatic carbocycles. The molecule has 0 radical (unpaired) electrons. The van der Waals surface area contributed by atoms with E-state index in [0.29, 0.717) is 12.3 Å². The van der Waals surface area contributed by atoms with E-state index in [9.17, 15) is 9.90 Å². The van der Waals surface area contributed by atoms with Gasteiger partial charge in [0, 0.05) is 23.2 Å². The molecule has 4 nitrogen and oxygen atoms in total. The van der Waals surface area contributed by atoms with Crippen LogP contribution in [0.5, 0.6) is 0 Å². The number of rotatable bonds is 4. The molecule has 2 N–H and O–H groups in total. The van der Waals surface area contributed by atoms with E-state index < -0.39 is 5.97 Å². The molecule has 0 aliphatic rings. The molecule has 0 bridgehead atoms. The van der Waals surface area contributed by atoms with Crippen LogP contribution in [0, 0.1) is 5.41 Å². The Balaban J connectivity index is 2.71. The van der Waals surface area contributed by atoms with Gasteiger partial charge in [0.25, 0.3) is 0 Å². The zero-order valence-corrected chi connectivity index (χ0v) is 10.1. The van der Waals surface area contributed by atoms with Crippen molar-refractivity contribution in [1.82, 2.24) is 4.57 Å². The Labute approximate surface area is 105 Å². The fraction of sp³-hybridized carbons (Fsp3) is 0.143. The number of hydrogen-bond donors (Lipinski definition) is 2. The summed E-state index contributed by atoms with van der Waals surface area (Å²) in [5.41, 5.74) is 2.35. The zero-order chi connectivity index (χ0) is 13.3. The Kier molecular flexibility index (Phi) is 3.02. The van der Waals surface area contributed by atoms with Crippen molar-refractivity contribution >= 4 is 22.6 Å². The second kappa shape index (κ2) is 4.49. The van der Waals surface area contributed by atoms with Crippen LogP contribution in [0.15, 0.2) is 36.9 Å². The third-order valence-electron chi connectivity index (χ3n) is 2.87. The molecule has 18 heavy (non-hydrogen) atoms. The molecule has 1 heterocycles.